The van der Waals surface area contributed by atoms with Crippen LogP contribution in [0.25, 0.3) is 32.0 Å². The molecule has 0 unspecified atom stereocenters. The quantitative estimate of drug-likeness (QED) is 0.182. The van der Waals surface area contributed by atoms with Crippen LogP contribution in [0, 0.1) is 6.92 Å². The second-order valence-electron chi connectivity index (χ2n) is 17.2. The minimum Gasteiger partial charge on any atom is -0.355 e. The van der Waals surface area contributed by atoms with Crippen LogP contribution in [0.2, 0.25) is 0 Å². The molecule has 1 radical (unpaired) electrons. The van der Waals surface area contributed by atoms with Crippen LogP contribution in [0.3, 0.4) is 0 Å². The first-order valence-electron chi connectivity index (χ1n) is 18.8. The van der Waals surface area contributed by atoms with Gasteiger partial charge in [0.2, 0.25) is 7.28 Å². The Hall–Kier alpha value is -4.80. The zero-order valence-electron chi connectivity index (χ0n) is 31.2. The van der Waals surface area contributed by atoms with Gasteiger partial charge in [-0.1, -0.05) is 126 Å². The van der Waals surface area contributed by atoms with Crippen LogP contribution in [0.15, 0.2) is 109 Å². The Morgan fingerprint density at radius 2 is 1.33 bits per heavy atom. The summed E-state index contributed by atoms with van der Waals surface area (Å²) in [7, 11) is 2.50. The van der Waals surface area contributed by atoms with Gasteiger partial charge in [-0.3, -0.25) is 0 Å². The van der Waals surface area contributed by atoms with Crippen molar-refractivity contribution in [3.63, 3.8) is 0 Å². The van der Waals surface area contributed by atoms with Gasteiger partial charge >= 0.3 is 0 Å². The van der Waals surface area contributed by atoms with Crippen molar-refractivity contribution in [3.05, 3.63) is 137 Å². The summed E-state index contributed by atoms with van der Waals surface area (Å²) in [4.78, 5) is 2.63. The Balaban J connectivity index is 1.30. The molecule has 255 valence electrons. The molecule has 6 aromatic carbocycles. The standard InChI is InChI=1S/C48H44BN2S/c1-28-25-35-36(47(4,5)24-23-46(35,2)3)27-38(28)51-39-26-29-15-8-9-16-30(29)41(42(39)49-45-44(51)31-17-10-13-22-40(31)52-45)32-18-14-20-34-43(32)50-37-21-12-11-19-33(37)48(34,6)7/h8-22,25-27,50H,23-24H2,1-7H3. The third-order valence-corrected chi connectivity index (χ3v) is 13.8. The Labute approximate surface area is 312 Å². The summed E-state index contributed by atoms with van der Waals surface area (Å²) in [5, 5.41) is 7.80. The predicted molar refractivity (Wildman–Crippen MR) is 226 cm³/mol. The monoisotopic (exact) mass is 691 g/mol. The highest BCUT2D eigenvalue weighted by molar-refractivity contribution is 7.29. The number of fused-ring (bicyclic) bond motifs is 8. The van der Waals surface area contributed by atoms with Gasteiger partial charge in [0.25, 0.3) is 0 Å². The molecule has 52 heavy (non-hydrogen) atoms. The van der Waals surface area contributed by atoms with Crippen molar-refractivity contribution in [2.45, 2.75) is 77.6 Å². The highest BCUT2D eigenvalue weighted by Gasteiger charge is 2.40. The zero-order chi connectivity index (χ0) is 35.7. The van der Waals surface area contributed by atoms with Gasteiger partial charge in [0.1, 0.15) is 0 Å². The van der Waals surface area contributed by atoms with Crippen LogP contribution in [-0.4, -0.2) is 7.28 Å². The highest BCUT2D eigenvalue weighted by Crippen LogP contribution is 2.53. The second kappa shape index (κ2) is 10.9. The fourth-order valence-corrected chi connectivity index (χ4v) is 10.8. The van der Waals surface area contributed by atoms with Gasteiger partial charge in [0.15, 0.2) is 0 Å². The number of hydrogen-bond acceptors (Lipinski definition) is 3. The molecule has 3 heterocycles. The Morgan fingerprint density at radius 3 is 2.13 bits per heavy atom. The molecule has 0 saturated heterocycles. The first kappa shape index (κ1) is 31.9. The number of rotatable bonds is 2. The molecule has 10 rings (SSSR count). The van der Waals surface area contributed by atoms with Crippen molar-refractivity contribution in [2.75, 3.05) is 10.2 Å². The number of anilines is 5. The van der Waals surface area contributed by atoms with Crippen molar-refractivity contribution in [1.82, 2.24) is 0 Å². The van der Waals surface area contributed by atoms with Crippen molar-refractivity contribution in [3.8, 4) is 11.1 Å². The van der Waals surface area contributed by atoms with Crippen LogP contribution in [0.1, 0.15) is 82.2 Å². The van der Waals surface area contributed by atoms with Gasteiger partial charge in [-0.25, -0.2) is 0 Å². The lowest BCUT2D eigenvalue weighted by atomic mass is 9.60. The second-order valence-corrected chi connectivity index (χ2v) is 18.3. The molecule has 1 aliphatic carbocycles. The van der Waals surface area contributed by atoms with E-state index in [1.54, 1.807) is 0 Å². The average molecular weight is 692 g/mol. The number of nitrogens with one attached hydrogen (secondary N) is 1. The molecule has 3 aliphatic rings. The van der Waals surface area contributed by atoms with E-state index in [0.717, 1.165) is 0 Å². The number of benzene rings is 6. The molecule has 1 N–H and O–H groups in total. The van der Waals surface area contributed by atoms with E-state index in [0.29, 0.717) is 0 Å². The molecule has 7 aromatic rings. The minimum atomic E-state index is -0.146. The molecular weight excluding hydrogens is 647 g/mol. The molecule has 2 nitrogen and oxygen atoms in total. The number of nitrogens with zero attached hydrogens (tertiary/aromatic N) is 1. The number of hydrogen-bond donors (Lipinski definition) is 1. The van der Waals surface area contributed by atoms with E-state index in [2.05, 4.69) is 175 Å². The normalized spacial score (nSPS) is 17.3. The summed E-state index contributed by atoms with van der Waals surface area (Å²) < 4.78 is 2.63. The fraction of sp³-hybridized carbons (Fsp3) is 0.250. The largest absolute Gasteiger partial charge is 0.355 e. The number of thiophene rings is 1. The molecule has 1 aromatic heterocycles. The highest BCUT2D eigenvalue weighted by atomic mass is 32.1. The lowest BCUT2D eigenvalue weighted by molar-refractivity contribution is 0.332. The first-order chi connectivity index (χ1) is 24.9. The van der Waals surface area contributed by atoms with E-state index in [4.69, 9.17) is 0 Å². The van der Waals surface area contributed by atoms with Crippen molar-refractivity contribution < 1.29 is 0 Å². The average Bonchev–Trinajstić information content (AvgIpc) is 3.50. The van der Waals surface area contributed by atoms with Gasteiger partial charge in [0.05, 0.1) is 11.4 Å². The maximum absolute atomic E-state index is 3.95. The number of para-hydroxylation sites is 2. The van der Waals surface area contributed by atoms with Crippen molar-refractivity contribution in [2.24, 2.45) is 0 Å². The smallest absolute Gasteiger partial charge is 0.211 e. The summed E-state index contributed by atoms with van der Waals surface area (Å²) >= 11 is 1.91. The van der Waals surface area contributed by atoms with E-state index in [1.165, 1.54) is 111 Å². The molecule has 0 bridgehead atoms. The Kier molecular flexibility index (Phi) is 6.67. The topological polar surface area (TPSA) is 15.3 Å². The SMILES string of the molecule is Cc1cc2c(cc1N1c3cc4ccccc4c(-c4cccc5c4Nc4ccccc4C5(C)C)c3[B]c3sc4ccccc4c31)C(C)(C)CCC2(C)C. The third-order valence-electron chi connectivity index (χ3n) is 12.7. The summed E-state index contributed by atoms with van der Waals surface area (Å²) in [6, 6.07) is 41.3. The molecule has 4 heteroatoms. The first-order valence-corrected chi connectivity index (χ1v) is 19.6. The molecular formula is C48H44BN2S. The summed E-state index contributed by atoms with van der Waals surface area (Å²) in [6.07, 6.45) is 2.39. The fourth-order valence-electron chi connectivity index (χ4n) is 9.64. The summed E-state index contributed by atoms with van der Waals surface area (Å²) in [6.45, 7) is 16.8. The van der Waals surface area contributed by atoms with Crippen LogP contribution in [0.5, 0.6) is 0 Å². The maximum Gasteiger partial charge on any atom is 0.211 e. The molecule has 0 spiro atoms. The Morgan fingerprint density at radius 1 is 0.654 bits per heavy atom. The lowest BCUT2D eigenvalue weighted by Gasteiger charge is -2.43. The van der Waals surface area contributed by atoms with E-state index in [1.807, 2.05) is 11.3 Å². The maximum atomic E-state index is 3.95. The van der Waals surface area contributed by atoms with Crippen molar-refractivity contribution in [1.29, 1.82) is 0 Å². The van der Waals surface area contributed by atoms with Crippen LogP contribution < -0.4 is 20.5 Å². The van der Waals surface area contributed by atoms with E-state index in [-0.39, 0.29) is 16.2 Å². The van der Waals surface area contributed by atoms with E-state index >= 15 is 0 Å². The van der Waals surface area contributed by atoms with Crippen LogP contribution in [-0.2, 0) is 16.2 Å². The predicted octanol–water partition coefficient (Wildman–Crippen LogP) is 12.2. The summed E-state index contributed by atoms with van der Waals surface area (Å²) in [5.74, 6) is 0. The van der Waals surface area contributed by atoms with E-state index in [9.17, 15) is 0 Å². The number of aryl methyl sites for hydroxylation is 1. The Bertz CT molecular complexity index is 2640. The van der Waals surface area contributed by atoms with Gasteiger partial charge in [-0.2, -0.15) is 0 Å². The van der Waals surface area contributed by atoms with Gasteiger partial charge in [-0.05, 0) is 109 Å². The lowest BCUT2D eigenvalue weighted by Crippen LogP contribution is -2.40. The molecule has 0 fully saturated rings. The van der Waals surface area contributed by atoms with Gasteiger partial charge in [-0.15, -0.1) is 11.3 Å². The molecule has 0 saturated carbocycles. The third kappa shape index (κ3) is 4.43. The van der Waals surface area contributed by atoms with Gasteiger partial charge in [0, 0.05) is 38.1 Å². The van der Waals surface area contributed by atoms with Gasteiger partial charge < -0.3 is 10.2 Å². The van der Waals surface area contributed by atoms with Crippen LogP contribution in [0.4, 0.5) is 28.4 Å². The molecule has 2 aliphatic heterocycles. The molecule has 0 atom stereocenters. The minimum absolute atomic E-state index is 0.101. The zero-order valence-corrected chi connectivity index (χ0v) is 32.1. The van der Waals surface area contributed by atoms with E-state index < -0.39 is 0 Å². The van der Waals surface area contributed by atoms with Crippen LogP contribution >= 0.6 is 11.3 Å². The summed E-state index contributed by atoms with van der Waals surface area (Å²) in [5.41, 5.74) is 17.1. The van der Waals surface area contributed by atoms with Crippen molar-refractivity contribution >= 4 is 78.2 Å². The molecule has 0 amide bonds.